The smallest absolute Gasteiger partial charge is 0.127 e. The molecule has 0 bridgehead atoms. The summed E-state index contributed by atoms with van der Waals surface area (Å²) < 4.78 is 0. The zero-order chi connectivity index (χ0) is 17.7. The fraction of sp³-hybridized carbons (Fsp3) is 0.300. The van der Waals surface area contributed by atoms with Crippen LogP contribution in [-0.2, 0) is 0 Å². The number of hydrogen-bond donors (Lipinski definition) is 2. The van der Waals surface area contributed by atoms with Crippen LogP contribution in [0.1, 0.15) is 36.1 Å². The van der Waals surface area contributed by atoms with Crippen molar-refractivity contribution >= 4 is 12.4 Å². The van der Waals surface area contributed by atoms with Crippen molar-refractivity contribution in [2.45, 2.75) is 39.8 Å². The maximum Gasteiger partial charge on any atom is 0.127 e. The Labute approximate surface area is 143 Å². The average molecular weight is 324 g/mol. The molecule has 0 aliphatic rings. The van der Waals surface area contributed by atoms with Gasteiger partial charge in [0.1, 0.15) is 11.5 Å². The molecule has 126 valence electrons. The van der Waals surface area contributed by atoms with Crippen molar-refractivity contribution < 1.29 is 10.2 Å². The topological polar surface area (TPSA) is 65.2 Å². The number of nitrogens with zero attached hydrogens (tertiary/aromatic N) is 2. The molecule has 0 aliphatic heterocycles. The van der Waals surface area contributed by atoms with E-state index in [-0.39, 0.29) is 23.6 Å². The summed E-state index contributed by atoms with van der Waals surface area (Å²) in [6.45, 7) is 7.66. The van der Waals surface area contributed by atoms with Crippen molar-refractivity contribution in [2.75, 3.05) is 0 Å². The molecule has 0 saturated carbocycles. The van der Waals surface area contributed by atoms with Crippen LogP contribution in [0.4, 0.5) is 0 Å². The van der Waals surface area contributed by atoms with Gasteiger partial charge in [-0.15, -0.1) is 0 Å². The molecule has 0 aromatic heterocycles. The molecule has 0 fully saturated rings. The third kappa shape index (κ3) is 4.22. The first-order valence-electron chi connectivity index (χ1n) is 8.03. The Kier molecular flexibility index (Phi) is 5.74. The van der Waals surface area contributed by atoms with Gasteiger partial charge in [0.05, 0.1) is 12.1 Å². The van der Waals surface area contributed by atoms with Crippen LogP contribution >= 0.6 is 0 Å². The lowest BCUT2D eigenvalue weighted by atomic mass is 10.1. The van der Waals surface area contributed by atoms with E-state index in [4.69, 9.17) is 0 Å². The van der Waals surface area contributed by atoms with Gasteiger partial charge in [-0.2, -0.15) is 0 Å². The second kappa shape index (κ2) is 7.77. The van der Waals surface area contributed by atoms with E-state index in [9.17, 15) is 10.2 Å². The number of aryl methyl sites for hydroxylation is 2. The maximum atomic E-state index is 10.0. The second-order valence-electron chi connectivity index (χ2n) is 6.06. The van der Waals surface area contributed by atoms with Crippen LogP contribution in [-0.4, -0.2) is 34.7 Å². The van der Waals surface area contributed by atoms with Crippen LogP contribution in [0.3, 0.4) is 0 Å². The van der Waals surface area contributed by atoms with Gasteiger partial charge in [-0.25, -0.2) is 0 Å². The lowest BCUT2D eigenvalue weighted by Crippen LogP contribution is -2.16. The summed E-state index contributed by atoms with van der Waals surface area (Å²) in [5, 5.41) is 20.0. The Morgan fingerprint density at radius 2 is 1.12 bits per heavy atom. The first kappa shape index (κ1) is 17.7. The normalized spacial score (nSPS) is 14.3. The third-order valence-corrected chi connectivity index (χ3v) is 4.13. The maximum absolute atomic E-state index is 10.0. The molecule has 2 aromatic rings. The molecule has 0 heterocycles. The quantitative estimate of drug-likeness (QED) is 0.816. The van der Waals surface area contributed by atoms with Gasteiger partial charge in [-0.3, -0.25) is 9.98 Å². The molecule has 2 aromatic carbocycles. The lowest BCUT2D eigenvalue weighted by molar-refractivity contribution is 0.469. The van der Waals surface area contributed by atoms with Crippen LogP contribution in [0.2, 0.25) is 0 Å². The fourth-order valence-corrected chi connectivity index (χ4v) is 2.22. The Hall–Kier alpha value is -2.62. The van der Waals surface area contributed by atoms with E-state index in [0.717, 1.165) is 11.1 Å². The van der Waals surface area contributed by atoms with Crippen molar-refractivity contribution in [1.82, 2.24) is 0 Å². The van der Waals surface area contributed by atoms with Crippen molar-refractivity contribution in [2.24, 2.45) is 9.98 Å². The number of phenolic OH excluding ortho intramolecular Hbond substituents is 2. The van der Waals surface area contributed by atoms with E-state index in [1.807, 2.05) is 64.1 Å². The summed E-state index contributed by atoms with van der Waals surface area (Å²) in [6.07, 6.45) is 3.37. The molecule has 4 nitrogen and oxygen atoms in total. The van der Waals surface area contributed by atoms with Crippen LogP contribution in [0.5, 0.6) is 11.5 Å². The standard InChI is InChI=1S/C20H24N2O2/c1-13-7-5-9-17(19(13)23)11-21-15(3)16(4)22-12-18-10-6-8-14(2)20(18)24/h5-12,15-16,23-24H,1-4H3. The van der Waals surface area contributed by atoms with E-state index >= 15 is 0 Å². The van der Waals surface area contributed by atoms with Crippen LogP contribution in [0, 0.1) is 13.8 Å². The van der Waals surface area contributed by atoms with Crippen LogP contribution < -0.4 is 0 Å². The Bertz CT molecular complexity index is 701. The van der Waals surface area contributed by atoms with Gasteiger partial charge in [-0.1, -0.05) is 24.3 Å². The Morgan fingerprint density at radius 3 is 1.50 bits per heavy atom. The van der Waals surface area contributed by atoms with Crippen molar-refractivity contribution in [3.8, 4) is 11.5 Å². The molecular formula is C20H24N2O2. The van der Waals surface area contributed by atoms with Gasteiger partial charge in [0, 0.05) is 23.6 Å². The molecule has 0 amide bonds. The summed E-state index contributed by atoms with van der Waals surface area (Å²) in [4.78, 5) is 8.97. The molecule has 0 spiro atoms. The monoisotopic (exact) mass is 324 g/mol. The molecule has 0 aliphatic carbocycles. The predicted octanol–water partition coefficient (Wildman–Crippen LogP) is 4.03. The molecule has 2 unspecified atom stereocenters. The first-order chi connectivity index (χ1) is 11.4. The highest BCUT2D eigenvalue weighted by Crippen LogP contribution is 2.21. The molecule has 24 heavy (non-hydrogen) atoms. The van der Waals surface area contributed by atoms with E-state index in [1.54, 1.807) is 12.4 Å². The minimum Gasteiger partial charge on any atom is -0.507 e. The van der Waals surface area contributed by atoms with E-state index in [2.05, 4.69) is 9.98 Å². The van der Waals surface area contributed by atoms with E-state index < -0.39 is 0 Å². The van der Waals surface area contributed by atoms with Gasteiger partial charge < -0.3 is 10.2 Å². The molecule has 2 rings (SSSR count). The number of aromatic hydroxyl groups is 2. The minimum atomic E-state index is -0.0480. The summed E-state index contributed by atoms with van der Waals surface area (Å²) in [5.74, 6) is 0.517. The number of hydrogen-bond acceptors (Lipinski definition) is 4. The Morgan fingerprint density at radius 1 is 0.750 bits per heavy atom. The van der Waals surface area contributed by atoms with Crippen molar-refractivity contribution in [3.05, 3.63) is 58.7 Å². The number of aliphatic imine (C=N–C) groups is 2. The SMILES string of the molecule is Cc1cccc(C=NC(C)C(C)N=Cc2cccc(C)c2O)c1O. The van der Waals surface area contributed by atoms with Gasteiger partial charge in [0.25, 0.3) is 0 Å². The van der Waals surface area contributed by atoms with Gasteiger partial charge in [0.2, 0.25) is 0 Å². The largest absolute Gasteiger partial charge is 0.507 e. The zero-order valence-electron chi connectivity index (χ0n) is 14.6. The summed E-state index contributed by atoms with van der Waals surface area (Å²) >= 11 is 0. The van der Waals surface area contributed by atoms with Gasteiger partial charge in [0.15, 0.2) is 0 Å². The molecule has 0 radical (unpaired) electrons. The minimum absolute atomic E-state index is 0.0480. The summed E-state index contributed by atoms with van der Waals surface area (Å²) in [6, 6.07) is 11.1. The molecule has 2 N–H and O–H groups in total. The third-order valence-electron chi connectivity index (χ3n) is 4.13. The van der Waals surface area contributed by atoms with Crippen LogP contribution in [0.25, 0.3) is 0 Å². The highest BCUT2D eigenvalue weighted by atomic mass is 16.3. The second-order valence-corrected chi connectivity index (χ2v) is 6.06. The predicted molar refractivity (Wildman–Crippen MR) is 99.8 cm³/mol. The zero-order valence-corrected chi connectivity index (χ0v) is 14.6. The summed E-state index contributed by atoms with van der Waals surface area (Å²) in [7, 11) is 0. The van der Waals surface area contributed by atoms with Crippen LogP contribution in [0.15, 0.2) is 46.4 Å². The average Bonchev–Trinajstić information content (AvgIpc) is 2.57. The van der Waals surface area contributed by atoms with E-state index in [0.29, 0.717) is 11.1 Å². The molecule has 0 saturated heterocycles. The Balaban J connectivity index is 2.08. The first-order valence-corrected chi connectivity index (χ1v) is 8.03. The summed E-state index contributed by atoms with van der Waals surface area (Å²) in [5.41, 5.74) is 3.06. The van der Waals surface area contributed by atoms with E-state index in [1.165, 1.54) is 0 Å². The lowest BCUT2D eigenvalue weighted by Gasteiger charge is -2.12. The van der Waals surface area contributed by atoms with Gasteiger partial charge in [-0.05, 0) is 51.0 Å². The number of rotatable bonds is 5. The highest BCUT2D eigenvalue weighted by molar-refractivity contribution is 5.85. The number of benzene rings is 2. The van der Waals surface area contributed by atoms with Crippen molar-refractivity contribution in [1.29, 1.82) is 0 Å². The molecular weight excluding hydrogens is 300 g/mol. The fourth-order valence-electron chi connectivity index (χ4n) is 2.22. The molecule has 2 atom stereocenters. The van der Waals surface area contributed by atoms with Crippen molar-refractivity contribution in [3.63, 3.8) is 0 Å². The number of para-hydroxylation sites is 2. The highest BCUT2D eigenvalue weighted by Gasteiger charge is 2.09. The number of phenols is 2. The van der Waals surface area contributed by atoms with Gasteiger partial charge >= 0.3 is 0 Å². The molecule has 4 heteroatoms.